The molecule has 0 saturated carbocycles. The lowest BCUT2D eigenvalue weighted by molar-refractivity contribution is 0.0952. The Kier molecular flexibility index (Phi) is 7.70. The Morgan fingerprint density at radius 1 is 1.50 bits per heavy atom. The van der Waals surface area contributed by atoms with Crippen molar-refractivity contribution >= 4 is 40.9 Å². The number of rotatable bonds is 4. The molecule has 0 spiro atoms. The van der Waals surface area contributed by atoms with Crippen LogP contribution in [0.1, 0.15) is 22.3 Å². The SMILES string of the molecule is Cc1cccc(C(=O)NCCCN)c1I.Cl. The zero-order valence-corrected chi connectivity index (χ0v) is 12.1. The number of amides is 1. The van der Waals surface area contributed by atoms with Crippen LogP contribution < -0.4 is 11.1 Å². The molecule has 0 saturated heterocycles. The lowest BCUT2D eigenvalue weighted by Gasteiger charge is -2.07. The molecule has 0 aliphatic rings. The number of nitrogens with two attached hydrogens (primary N) is 1. The number of carbonyl (C=O) groups excluding carboxylic acids is 1. The Balaban J connectivity index is 0.00000225. The quantitative estimate of drug-likeness (QED) is 0.643. The molecule has 0 aliphatic heterocycles. The van der Waals surface area contributed by atoms with Gasteiger partial charge in [-0.05, 0) is 54.1 Å². The molecule has 0 unspecified atom stereocenters. The first kappa shape index (κ1) is 15.7. The van der Waals surface area contributed by atoms with E-state index < -0.39 is 0 Å². The van der Waals surface area contributed by atoms with E-state index in [1.807, 2.05) is 25.1 Å². The molecule has 3 nitrogen and oxygen atoms in total. The van der Waals surface area contributed by atoms with Crippen LogP contribution >= 0.6 is 35.0 Å². The summed E-state index contributed by atoms with van der Waals surface area (Å²) in [4.78, 5) is 11.7. The van der Waals surface area contributed by atoms with E-state index in [1.54, 1.807) is 0 Å². The number of carbonyl (C=O) groups is 1. The molecule has 1 aromatic rings. The molecule has 1 amide bonds. The van der Waals surface area contributed by atoms with Gasteiger partial charge in [-0.1, -0.05) is 12.1 Å². The summed E-state index contributed by atoms with van der Waals surface area (Å²) < 4.78 is 1.01. The highest BCUT2D eigenvalue weighted by molar-refractivity contribution is 14.1. The minimum absolute atomic E-state index is 0. The minimum atomic E-state index is -0.0171. The minimum Gasteiger partial charge on any atom is -0.352 e. The van der Waals surface area contributed by atoms with Crippen molar-refractivity contribution in [2.45, 2.75) is 13.3 Å². The van der Waals surface area contributed by atoms with Crippen molar-refractivity contribution in [1.82, 2.24) is 5.32 Å². The second kappa shape index (κ2) is 7.86. The summed E-state index contributed by atoms with van der Waals surface area (Å²) in [5.74, 6) is -0.0171. The van der Waals surface area contributed by atoms with Gasteiger partial charge in [0.2, 0.25) is 0 Å². The fraction of sp³-hybridized carbons (Fsp3) is 0.364. The highest BCUT2D eigenvalue weighted by Gasteiger charge is 2.09. The van der Waals surface area contributed by atoms with Gasteiger partial charge in [-0.15, -0.1) is 12.4 Å². The molecule has 0 fully saturated rings. The maximum absolute atomic E-state index is 11.7. The van der Waals surface area contributed by atoms with E-state index in [0.29, 0.717) is 13.1 Å². The fourth-order valence-corrected chi connectivity index (χ4v) is 1.83. The third-order valence-corrected chi connectivity index (χ3v) is 3.53. The number of benzene rings is 1. The van der Waals surface area contributed by atoms with Crippen LogP contribution in [-0.4, -0.2) is 19.0 Å². The largest absolute Gasteiger partial charge is 0.352 e. The Bertz CT molecular complexity index is 358. The van der Waals surface area contributed by atoms with Gasteiger partial charge >= 0.3 is 0 Å². The van der Waals surface area contributed by atoms with Gasteiger partial charge < -0.3 is 11.1 Å². The summed E-state index contributed by atoms with van der Waals surface area (Å²) >= 11 is 2.20. The van der Waals surface area contributed by atoms with Crippen LogP contribution in [0.2, 0.25) is 0 Å². The normalized spacial score (nSPS) is 9.44. The van der Waals surface area contributed by atoms with Gasteiger partial charge in [-0.25, -0.2) is 0 Å². The molecular formula is C11H16ClIN2O. The first-order valence-electron chi connectivity index (χ1n) is 4.90. The predicted octanol–water partition coefficient (Wildman–Crippen LogP) is 2.10. The van der Waals surface area contributed by atoms with Crippen LogP contribution in [0, 0.1) is 10.5 Å². The van der Waals surface area contributed by atoms with E-state index in [2.05, 4.69) is 27.9 Å². The lowest BCUT2D eigenvalue weighted by atomic mass is 10.1. The van der Waals surface area contributed by atoms with Gasteiger partial charge in [0.25, 0.3) is 5.91 Å². The molecule has 3 N–H and O–H groups in total. The van der Waals surface area contributed by atoms with Gasteiger partial charge in [-0.2, -0.15) is 0 Å². The van der Waals surface area contributed by atoms with Crippen molar-refractivity contribution < 1.29 is 4.79 Å². The van der Waals surface area contributed by atoms with Crippen molar-refractivity contribution in [2.75, 3.05) is 13.1 Å². The smallest absolute Gasteiger partial charge is 0.252 e. The number of aryl methyl sites for hydroxylation is 1. The summed E-state index contributed by atoms with van der Waals surface area (Å²) in [5, 5.41) is 2.84. The molecule has 5 heteroatoms. The van der Waals surface area contributed by atoms with E-state index in [4.69, 9.17) is 5.73 Å². The Hall–Kier alpha value is -0.330. The first-order chi connectivity index (χ1) is 7.16. The van der Waals surface area contributed by atoms with Crippen molar-refractivity contribution in [1.29, 1.82) is 0 Å². The third kappa shape index (κ3) is 4.27. The Labute approximate surface area is 116 Å². The average molecular weight is 355 g/mol. The van der Waals surface area contributed by atoms with Crippen LogP contribution in [0.25, 0.3) is 0 Å². The van der Waals surface area contributed by atoms with Gasteiger partial charge in [0.1, 0.15) is 0 Å². The molecule has 0 radical (unpaired) electrons. The summed E-state index contributed by atoms with van der Waals surface area (Å²) in [5.41, 5.74) is 7.22. The molecule has 0 atom stereocenters. The zero-order valence-electron chi connectivity index (χ0n) is 9.13. The Morgan fingerprint density at radius 3 is 2.81 bits per heavy atom. The molecule has 0 aromatic heterocycles. The third-order valence-electron chi connectivity index (χ3n) is 2.10. The second-order valence-electron chi connectivity index (χ2n) is 3.33. The van der Waals surface area contributed by atoms with Gasteiger partial charge in [-0.3, -0.25) is 4.79 Å². The van der Waals surface area contributed by atoms with Crippen LogP contribution in [0.4, 0.5) is 0 Å². The molecule has 0 heterocycles. The molecule has 16 heavy (non-hydrogen) atoms. The van der Waals surface area contributed by atoms with Crippen LogP contribution in [-0.2, 0) is 0 Å². The van der Waals surface area contributed by atoms with Crippen molar-refractivity contribution in [2.24, 2.45) is 5.73 Å². The molecule has 1 rings (SSSR count). The Morgan fingerprint density at radius 2 is 2.19 bits per heavy atom. The van der Waals surface area contributed by atoms with Gasteiger partial charge in [0.15, 0.2) is 0 Å². The molecule has 0 bridgehead atoms. The summed E-state index contributed by atoms with van der Waals surface area (Å²) in [6.45, 7) is 3.24. The van der Waals surface area contributed by atoms with Crippen molar-refractivity contribution in [3.05, 3.63) is 32.9 Å². The average Bonchev–Trinajstić information content (AvgIpc) is 2.22. The lowest BCUT2D eigenvalue weighted by Crippen LogP contribution is -2.26. The van der Waals surface area contributed by atoms with Crippen molar-refractivity contribution in [3.8, 4) is 0 Å². The number of hydrogen-bond acceptors (Lipinski definition) is 2. The van der Waals surface area contributed by atoms with E-state index in [1.165, 1.54) is 0 Å². The highest BCUT2D eigenvalue weighted by atomic mass is 127. The van der Waals surface area contributed by atoms with Gasteiger partial charge in [0.05, 0.1) is 5.56 Å². The van der Waals surface area contributed by atoms with Crippen LogP contribution in [0.15, 0.2) is 18.2 Å². The van der Waals surface area contributed by atoms with Crippen molar-refractivity contribution in [3.63, 3.8) is 0 Å². The molecule has 0 aliphatic carbocycles. The number of hydrogen-bond donors (Lipinski definition) is 2. The predicted molar refractivity (Wildman–Crippen MR) is 77.1 cm³/mol. The molecule has 90 valence electrons. The van der Waals surface area contributed by atoms with E-state index in [9.17, 15) is 4.79 Å². The molecule has 1 aromatic carbocycles. The van der Waals surface area contributed by atoms with Gasteiger partial charge in [0, 0.05) is 10.1 Å². The summed E-state index contributed by atoms with van der Waals surface area (Å²) in [6.07, 6.45) is 0.814. The summed E-state index contributed by atoms with van der Waals surface area (Å²) in [6, 6.07) is 5.74. The van der Waals surface area contributed by atoms with E-state index >= 15 is 0 Å². The standard InChI is InChI=1S/C11H15IN2O.ClH/c1-8-4-2-5-9(10(8)12)11(15)14-7-3-6-13;/h2,4-5H,3,6-7,13H2,1H3,(H,14,15);1H. The van der Waals surface area contributed by atoms with Crippen LogP contribution in [0.5, 0.6) is 0 Å². The second-order valence-corrected chi connectivity index (χ2v) is 4.41. The fourth-order valence-electron chi connectivity index (χ4n) is 1.22. The van der Waals surface area contributed by atoms with E-state index in [-0.39, 0.29) is 18.3 Å². The number of halogens is 2. The topological polar surface area (TPSA) is 55.1 Å². The monoisotopic (exact) mass is 354 g/mol. The maximum atomic E-state index is 11.7. The van der Waals surface area contributed by atoms with Crippen LogP contribution in [0.3, 0.4) is 0 Å². The van der Waals surface area contributed by atoms with E-state index in [0.717, 1.165) is 21.1 Å². The highest BCUT2D eigenvalue weighted by Crippen LogP contribution is 2.16. The summed E-state index contributed by atoms with van der Waals surface area (Å²) in [7, 11) is 0. The zero-order chi connectivity index (χ0) is 11.3. The first-order valence-corrected chi connectivity index (χ1v) is 5.98. The maximum Gasteiger partial charge on any atom is 0.252 e. The molecular weight excluding hydrogens is 338 g/mol. The number of nitrogens with one attached hydrogen (secondary N) is 1.